The maximum atomic E-state index is 13.7. The maximum absolute atomic E-state index is 13.7. The van der Waals surface area contributed by atoms with Crippen LogP contribution in [0.25, 0.3) is 0 Å². The van der Waals surface area contributed by atoms with E-state index < -0.39 is 5.82 Å². The van der Waals surface area contributed by atoms with Gasteiger partial charge in [0.05, 0.1) is 5.69 Å². The average Bonchev–Trinajstić information content (AvgIpc) is 2.61. The molecule has 0 spiro atoms. The van der Waals surface area contributed by atoms with Gasteiger partial charge in [0, 0.05) is 38.8 Å². The van der Waals surface area contributed by atoms with Crippen molar-refractivity contribution in [3.63, 3.8) is 0 Å². The van der Waals surface area contributed by atoms with Crippen LogP contribution in [0.3, 0.4) is 0 Å². The van der Waals surface area contributed by atoms with Gasteiger partial charge in [-0.15, -0.1) is 0 Å². The number of hydrogen-bond acceptors (Lipinski definition) is 4. The fourth-order valence-electron chi connectivity index (χ4n) is 2.94. The Kier molecular flexibility index (Phi) is 7.01. The van der Waals surface area contributed by atoms with Crippen molar-refractivity contribution in [2.24, 2.45) is 5.92 Å². The Bertz CT molecular complexity index is 592. The van der Waals surface area contributed by atoms with Crippen molar-refractivity contribution in [2.45, 2.75) is 26.2 Å². The molecule has 24 heavy (non-hydrogen) atoms. The third-order valence-electron chi connectivity index (χ3n) is 4.28. The normalized spacial score (nSPS) is 15.1. The molecule has 1 saturated heterocycles. The van der Waals surface area contributed by atoms with Gasteiger partial charge in [-0.25, -0.2) is 4.39 Å². The van der Waals surface area contributed by atoms with Gasteiger partial charge in [-0.2, -0.15) is 5.26 Å². The van der Waals surface area contributed by atoms with Gasteiger partial charge in [-0.1, -0.05) is 6.07 Å². The molecule has 6 heteroatoms. The highest BCUT2D eigenvalue weighted by atomic mass is 19.1. The highest BCUT2D eigenvalue weighted by Crippen LogP contribution is 2.27. The highest BCUT2D eigenvalue weighted by molar-refractivity contribution is 5.79. The SMILES string of the molecule is CCOCCCNC(=O)C1CCN(c2cccc(F)c2C#N)CC1. The number of nitrogens with one attached hydrogen (secondary N) is 1. The van der Waals surface area contributed by atoms with Crippen LogP contribution in [0.5, 0.6) is 0 Å². The maximum Gasteiger partial charge on any atom is 0.223 e. The molecule has 0 aliphatic carbocycles. The van der Waals surface area contributed by atoms with Crippen molar-refractivity contribution < 1.29 is 13.9 Å². The second-order valence-corrected chi connectivity index (χ2v) is 5.85. The topological polar surface area (TPSA) is 65.4 Å². The summed E-state index contributed by atoms with van der Waals surface area (Å²) in [5, 5.41) is 12.1. The first-order valence-corrected chi connectivity index (χ1v) is 8.46. The lowest BCUT2D eigenvalue weighted by Gasteiger charge is -2.33. The molecule has 1 amide bonds. The van der Waals surface area contributed by atoms with E-state index in [9.17, 15) is 9.18 Å². The quantitative estimate of drug-likeness (QED) is 0.779. The molecule has 1 N–H and O–H groups in total. The first-order valence-electron chi connectivity index (χ1n) is 8.46. The number of ether oxygens (including phenoxy) is 1. The van der Waals surface area contributed by atoms with Gasteiger partial charge in [0.15, 0.2) is 0 Å². The van der Waals surface area contributed by atoms with Crippen LogP contribution in [0.4, 0.5) is 10.1 Å². The van der Waals surface area contributed by atoms with E-state index in [4.69, 9.17) is 10.00 Å². The minimum absolute atomic E-state index is 0.0209. The number of hydrogen-bond donors (Lipinski definition) is 1. The van der Waals surface area contributed by atoms with E-state index in [-0.39, 0.29) is 17.4 Å². The molecule has 1 aliphatic heterocycles. The second-order valence-electron chi connectivity index (χ2n) is 5.85. The summed E-state index contributed by atoms with van der Waals surface area (Å²) in [5.41, 5.74) is 0.699. The Labute approximate surface area is 142 Å². The lowest BCUT2D eigenvalue weighted by Crippen LogP contribution is -2.41. The zero-order valence-electron chi connectivity index (χ0n) is 14.1. The molecule has 0 saturated carbocycles. The third-order valence-corrected chi connectivity index (χ3v) is 4.28. The molecule has 1 aromatic carbocycles. The van der Waals surface area contributed by atoms with E-state index in [1.54, 1.807) is 12.1 Å². The van der Waals surface area contributed by atoms with Crippen LogP contribution in [-0.2, 0) is 9.53 Å². The molecule has 1 fully saturated rings. The Hall–Kier alpha value is -2.13. The molecule has 1 aromatic rings. The molecular formula is C18H24FN3O2. The van der Waals surface area contributed by atoms with Gasteiger partial charge in [0.1, 0.15) is 17.4 Å². The van der Waals surface area contributed by atoms with Crippen molar-refractivity contribution in [1.29, 1.82) is 5.26 Å². The van der Waals surface area contributed by atoms with Crippen molar-refractivity contribution in [3.05, 3.63) is 29.6 Å². The number of piperidine rings is 1. The number of rotatable bonds is 7. The van der Waals surface area contributed by atoms with Gasteiger partial charge >= 0.3 is 0 Å². The van der Waals surface area contributed by atoms with Gasteiger partial charge in [0.25, 0.3) is 0 Å². The minimum Gasteiger partial charge on any atom is -0.382 e. The molecule has 2 rings (SSSR count). The summed E-state index contributed by atoms with van der Waals surface area (Å²) < 4.78 is 19.0. The highest BCUT2D eigenvalue weighted by Gasteiger charge is 2.26. The minimum atomic E-state index is -0.496. The van der Waals surface area contributed by atoms with Gasteiger partial charge in [-0.05, 0) is 38.3 Å². The van der Waals surface area contributed by atoms with Crippen LogP contribution < -0.4 is 10.2 Å². The smallest absolute Gasteiger partial charge is 0.223 e. The Morgan fingerprint density at radius 1 is 1.46 bits per heavy atom. The van der Waals surface area contributed by atoms with E-state index in [1.165, 1.54) is 6.07 Å². The fourth-order valence-corrected chi connectivity index (χ4v) is 2.94. The molecule has 130 valence electrons. The van der Waals surface area contributed by atoms with Gasteiger partial charge in [0.2, 0.25) is 5.91 Å². The van der Waals surface area contributed by atoms with E-state index in [2.05, 4.69) is 5.32 Å². The molecule has 0 unspecified atom stereocenters. The number of benzene rings is 1. The van der Waals surface area contributed by atoms with Gasteiger partial charge in [-0.3, -0.25) is 4.79 Å². The zero-order chi connectivity index (χ0) is 17.4. The average molecular weight is 333 g/mol. The number of nitrogens with zero attached hydrogens (tertiary/aromatic N) is 2. The molecule has 1 aliphatic rings. The molecule has 0 atom stereocenters. The van der Waals surface area contributed by atoms with E-state index >= 15 is 0 Å². The molecule has 0 radical (unpaired) electrons. The number of nitriles is 1. The first-order chi connectivity index (χ1) is 11.7. The summed E-state index contributed by atoms with van der Waals surface area (Å²) in [6.45, 7) is 5.22. The molecule has 5 nitrogen and oxygen atoms in total. The Morgan fingerprint density at radius 2 is 2.21 bits per heavy atom. The predicted octanol–water partition coefficient (Wildman–Crippen LogP) is 2.46. The van der Waals surface area contributed by atoms with E-state index in [0.29, 0.717) is 51.4 Å². The number of amides is 1. The van der Waals surface area contributed by atoms with Crippen LogP contribution in [0.15, 0.2) is 18.2 Å². The number of carbonyl (C=O) groups is 1. The first kappa shape index (κ1) is 18.2. The van der Waals surface area contributed by atoms with Crippen LogP contribution in [0.1, 0.15) is 31.7 Å². The van der Waals surface area contributed by atoms with Crippen molar-refractivity contribution in [2.75, 3.05) is 37.7 Å². The van der Waals surface area contributed by atoms with Crippen LogP contribution >= 0.6 is 0 Å². The number of carbonyl (C=O) groups excluding carboxylic acids is 1. The van der Waals surface area contributed by atoms with E-state index in [1.807, 2.05) is 17.9 Å². The molecular weight excluding hydrogens is 309 g/mol. The summed E-state index contributed by atoms with van der Waals surface area (Å²) in [4.78, 5) is 14.2. The number of halogens is 1. The van der Waals surface area contributed by atoms with Gasteiger partial charge < -0.3 is 15.0 Å². The third kappa shape index (κ3) is 4.68. The summed E-state index contributed by atoms with van der Waals surface area (Å²) in [7, 11) is 0. The summed E-state index contributed by atoms with van der Waals surface area (Å²) >= 11 is 0. The number of anilines is 1. The molecule has 0 bridgehead atoms. The Balaban J connectivity index is 1.82. The lowest BCUT2D eigenvalue weighted by molar-refractivity contribution is -0.125. The molecule has 1 heterocycles. The standard InChI is InChI=1S/C18H24FN3O2/c1-2-24-12-4-9-21-18(23)14-7-10-22(11-8-14)17-6-3-5-16(19)15(17)13-20/h3,5-6,14H,2,4,7-12H2,1H3,(H,21,23). The van der Waals surface area contributed by atoms with Crippen molar-refractivity contribution in [3.8, 4) is 6.07 Å². The largest absolute Gasteiger partial charge is 0.382 e. The lowest BCUT2D eigenvalue weighted by atomic mass is 9.95. The zero-order valence-corrected chi connectivity index (χ0v) is 14.1. The second kappa shape index (κ2) is 9.24. The summed E-state index contributed by atoms with van der Waals surface area (Å²) in [5.74, 6) is -0.442. The van der Waals surface area contributed by atoms with Crippen LogP contribution in [0, 0.1) is 23.1 Å². The fraction of sp³-hybridized carbons (Fsp3) is 0.556. The van der Waals surface area contributed by atoms with Crippen LogP contribution in [-0.4, -0.2) is 38.8 Å². The summed E-state index contributed by atoms with van der Waals surface area (Å²) in [6.07, 6.45) is 2.23. The molecule has 0 aromatic heterocycles. The Morgan fingerprint density at radius 3 is 2.88 bits per heavy atom. The van der Waals surface area contributed by atoms with Crippen molar-refractivity contribution in [1.82, 2.24) is 5.32 Å². The summed E-state index contributed by atoms with van der Waals surface area (Å²) in [6, 6.07) is 6.60. The van der Waals surface area contributed by atoms with Crippen molar-refractivity contribution >= 4 is 11.6 Å². The monoisotopic (exact) mass is 333 g/mol. The van der Waals surface area contributed by atoms with E-state index in [0.717, 1.165) is 6.42 Å². The van der Waals surface area contributed by atoms with Crippen LogP contribution in [0.2, 0.25) is 0 Å². The predicted molar refractivity (Wildman–Crippen MR) is 90.2 cm³/mol.